The second kappa shape index (κ2) is 2.83. The first-order valence-corrected chi connectivity index (χ1v) is 7.01. The maximum atomic E-state index is 11.7. The van der Waals surface area contributed by atoms with E-state index in [-0.39, 0.29) is 12.1 Å². The number of rotatable bonds is 1. The zero-order valence-corrected chi connectivity index (χ0v) is 9.37. The van der Waals surface area contributed by atoms with Gasteiger partial charge < -0.3 is 0 Å². The van der Waals surface area contributed by atoms with Gasteiger partial charge in [0.1, 0.15) is 0 Å². The van der Waals surface area contributed by atoms with Crippen LogP contribution >= 0.6 is 0 Å². The van der Waals surface area contributed by atoms with E-state index in [2.05, 4.69) is 12.1 Å². The minimum Gasteiger partial charge on any atom is -0.212 e. The molecular weight excluding hydrogens is 210 g/mol. The van der Waals surface area contributed by atoms with Crippen molar-refractivity contribution in [2.24, 2.45) is 0 Å². The molecule has 0 saturated carbocycles. The lowest BCUT2D eigenvalue weighted by atomic mass is 9.92. The van der Waals surface area contributed by atoms with E-state index in [4.69, 9.17) is 0 Å². The number of sulfonamides is 1. The van der Waals surface area contributed by atoms with E-state index in [1.807, 2.05) is 12.1 Å². The van der Waals surface area contributed by atoms with Crippen molar-refractivity contribution in [3.05, 3.63) is 35.4 Å². The molecule has 2 unspecified atom stereocenters. The molecule has 1 aromatic rings. The van der Waals surface area contributed by atoms with Crippen LogP contribution in [0.2, 0.25) is 0 Å². The fourth-order valence-corrected chi connectivity index (χ4v) is 4.32. The van der Waals surface area contributed by atoms with Crippen molar-refractivity contribution < 1.29 is 8.42 Å². The maximum Gasteiger partial charge on any atom is 0.212 e. The molecule has 2 atom stereocenters. The van der Waals surface area contributed by atoms with E-state index in [1.54, 1.807) is 4.31 Å². The van der Waals surface area contributed by atoms with E-state index in [0.717, 1.165) is 12.8 Å². The Morgan fingerprint density at radius 2 is 1.60 bits per heavy atom. The SMILES string of the molecule is CS(=O)(=O)N1C2CCC1c1ccccc12. The third-order valence-electron chi connectivity index (χ3n) is 3.42. The first kappa shape index (κ1) is 9.36. The minimum atomic E-state index is -3.07. The lowest BCUT2D eigenvalue weighted by Gasteiger charge is -2.18. The molecule has 0 radical (unpaired) electrons. The molecule has 2 heterocycles. The highest BCUT2D eigenvalue weighted by Crippen LogP contribution is 2.53. The fourth-order valence-electron chi connectivity index (χ4n) is 2.95. The Morgan fingerprint density at radius 3 is 2.00 bits per heavy atom. The van der Waals surface area contributed by atoms with Gasteiger partial charge in [-0.05, 0) is 24.0 Å². The molecule has 3 nitrogen and oxygen atoms in total. The van der Waals surface area contributed by atoms with Crippen molar-refractivity contribution in [1.82, 2.24) is 4.31 Å². The van der Waals surface area contributed by atoms with Crippen LogP contribution in [0.25, 0.3) is 0 Å². The van der Waals surface area contributed by atoms with Crippen LogP contribution < -0.4 is 0 Å². The molecule has 0 aromatic heterocycles. The number of benzene rings is 1. The number of nitrogens with zero attached hydrogens (tertiary/aromatic N) is 1. The first-order chi connectivity index (χ1) is 7.09. The van der Waals surface area contributed by atoms with Gasteiger partial charge in [-0.3, -0.25) is 0 Å². The molecule has 2 aliphatic rings. The lowest BCUT2D eigenvalue weighted by Crippen LogP contribution is -2.26. The quantitative estimate of drug-likeness (QED) is 0.728. The van der Waals surface area contributed by atoms with Crippen LogP contribution in [0.1, 0.15) is 36.1 Å². The Bertz CT molecular complexity index is 478. The summed E-state index contributed by atoms with van der Waals surface area (Å²) in [6, 6.07) is 8.27. The van der Waals surface area contributed by atoms with E-state index in [0.29, 0.717) is 0 Å². The summed E-state index contributed by atoms with van der Waals surface area (Å²) in [5.41, 5.74) is 2.42. The Balaban J connectivity index is 2.17. The van der Waals surface area contributed by atoms with Crippen LogP contribution in [-0.4, -0.2) is 19.0 Å². The molecule has 0 amide bonds. The minimum absolute atomic E-state index is 0.0983. The van der Waals surface area contributed by atoms with Crippen LogP contribution in [0.4, 0.5) is 0 Å². The van der Waals surface area contributed by atoms with E-state index < -0.39 is 10.0 Å². The summed E-state index contributed by atoms with van der Waals surface area (Å²) in [7, 11) is -3.07. The molecule has 0 N–H and O–H groups in total. The molecule has 1 saturated heterocycles. The van der Waals surface area contributed by atoms with E-state index >= 15 is 0 Å². The average molecular weight is 223 g/mol. The molecular formula is C11H13NO2S. The molecule has 4 heteroatoms. The summed E-state index contributed by atoms with van der Waals surface area (Å²) in [4.78, 5) is 0. The molecule has 2 bridgehead atoms. The Labute approximate surface area is 89.8 Å². The smallest absolute Gasteiger partial charge is 0.212 e. The topological polar surface area (TPSA) is 37.4 Å². The van der Waals surface area contributed by atoms with Gasteiger partial charge in [-0.2, -0.15) is 4.31 Å². The second-order valence-corrected chi connectivity index (χ2v) is 6.22. The van der Waals surface area contributed by atoms with Gasteiger partial charge in [0.25, 0.3) is 0 Å². The van der Waals surface area contributed by atoms with Crippen LogP contribution in [0.3, 0.4) is 0 Å². The maximum absolute atomic E-state index is 11.7. The van der Waals surface area contributed by atoms with E-state index in [9.17, 15) is 8.42 Å². The molecule has 0 aliphatic carbocycles. The Morgan fingerprint density at radius 1 is 1.13 bits per heavy atom. The van der Waals surface area contributed by atoms with Gasteiger partial charge in [-0.15, -0.1) is 0 Å². The van der Waals surface area contributed by atoms with Crippen LogP contribution in [0, 0.1) is 0 Å². The number of hydrogen-bond donors (Lipinski definition) is 0. The van der Waals surface area contributed by atoms with E-state index in [1.165, 1.54) is 17.4 Å². The molecule has 1 aromatic carbocycles. The number of hydrogen-bond acceptors (Lipinski definition) is 2. The molecule has 3 rings (SSSR count). The normalized spacial score (nSPS) is 29.4. The first-order valence-electron chi connectivity index (χ1n) is 5.16. The zero-order chi connectivity index (χ0) is 10.6. The predicted molar refractivity (Wildman–Crippen MR) is 57.8 cm³/mol. The Hall–Kier alpha value is -0.870. The number of fused-ring (bicyclic) bond motifs is 5. The molecule has 1 fully saturated rings. The summed E-state index contributed by atoms with van der Waals surface area (Å²) in [5.74, 6) is 0. The highest BCUT2D eigenvalue weighted by Gasteiger charge is 2.47. The predicted octanol–water partition coefficient (Wildman–Crippen LogP) is 1.84. The molecule has 0 spiro atoms. The largest absolute Gasteiger partial charge is 0.212 e. The highest BCUT2D eigenvalue weighted by molar-refractivity contribution is 7.88. The van der Waals surface area contributed by atoms with Gasteiger partial charge in [-0.1, -0.05) is 24.3 Å². The monoisotopic (exact) mass is 223 g/mol. The zero-order valence-electron chi connectivity index (χ0n) is 8.55. The van der Waals surface area contributed by atoms with Crippen molar-refractivity contribution in [2.75, 3.05) is 6.26 Å². The summed E-state index contributed by atoms with van der Waals surface area (Å²) in [5, 5.41) is 0. The second-order valence-electron chi connectivity index (χ2n) is 4.33. The summed E-state index contributed by atoms with van der Waals surface area (Å²) in [6.45, 7) is 0. The lowest BCUT2D eigenvalue weighted by molar-refractivity contribution is 0.369. The van der Waals surface area contributed by atoms with Gasteiger partial charge in [-0.25, -0.2) is 8.42 Å². The van der Waals surface area contributed by atoms with Crippen LogP contribution in [0.5, 0.6) is 0 Å². The van der Waals surface area contributed by atoms with Gasteiger partial charge in [0.15, 0.2) is 0 Å². The van der Waals surface area contributed by atoms with Gasteiger partial charge in [0.05, 0.1) is 18.3 Å². The van der Waals surface area contributed by atoms with Crippen LogP contribution in [0.15, 0.2) is 24.3 Å². The van der Waals surface area contributed by atoms with Crippen LogP contribution in [-0.2, 0) is 10.0 Å². The van der Waals surface area contributed by atoms with Crippen molar-refractivity contribution in [3.8, 4) is 0 Å². The summed E-state index contributed by atoms with van der Waals surface area (Å²) in [6.07, 6.45) is 3.24. The molecule has 2 aliphatic heterocycles. The average Bonchev–Trinajstić information content (AvgIpc) is 2.73. The standard InChI is InChI=1S/C11H13NO2S/c1-15(13,14)12-10-6-7-11(12)9-5-3-2-4-8(9)10/h2-5,10-11H,6-7H2,1H3. The van der Waals surface area contributed by atoms with Gasteiger partial charge in [0.2, 0.25) is 10.0 Å². The third-order valence-corrected chi connectivity index (χ3v) is 4.70. The van der Waals surface area contributed by atoms with Crippen molar-refractivity contribution in [2.45, 2.75) is 24.9 Å². The Kier molecular flexibility index (Phi) is 1.77. The summed E-state index contributed by atoms with van der Waals surface area (Å²) >= 11 is 0. The third kappa shape index (κ3) is 1.18. The molecule has 15 heavy (non-hydrogen) atoms. The van der Waals surface area contributed by atoms with Crippen molar-refractivity contribution in [1.29, 1.82) is 0 Å². The fraction of sp³-hybridized carbons (Fsp3) is 0.455. The van der Waals surface area contributed by atoms with Crippen molar-refractivity contribution in [3.63, 3.8) is 0 Å². The van der Waals surface area contributed by atoms with Crippen molar-refractivity contribution >= 4 is 10.0 Å². The highest BCUT2D eigenvalue weighted by atomic mass is 32.2. The van der Waals surface area contributed by atoms with Gasteiger partial charge >= 0.3 is 0 Å². The van der Waals surface area contributed by atoms with Gasteiger partial charge in [0, 0.05) is 0 Å². The molecule has 80 valence electrons. The summed E-state index contributed by atoms with van der Waals surface area (Å²) < 4.78 is 25.1.